The van der Waals surface area contributed by atoms with Crippen molar-refractivity contribution in [1.29, 1.82) is 0 Å². The number of hydrogen-bond donors (Lipinski definition) is 2. The normalized spacial score (nSPS) is 17.7. The Morgan fingerprint density at radius 1 is 1.12 bits per heavy atom. The molecule has 2 N–H and O–H groups in total. The first-order valence-corrected chi connectivity index (χ1v) is 11.2. The van der Waals surface area contributed by atoms with Crippen molar-refractivity contribution >= 4 is 17.7 Å². The zero-order chi connectivity index (χ0) is 23.9. The molecule has 0 bridgehead atoms. The van der Waals surface area contributed by atoms with Crippen LogP contribution in [-0.4, -0.2) is 34.7 Å². The van der Waals surface area contributed by atoms with E-state index in [2.05, 4.69) is 29.5 Å². The number of pyridine rings is 1. The molecule has 1 aromatic carbocycles. The summed E-state index contributed by atoms with van der Waals surface area (Å²) in [6.45, 7) is 10.2. The number of benzene rings is 1. The number of hydrogen-bond acceptors (Lipinski definition) is 6. The number of rotatable bonds is 5. The van der Waals surface area contributed by atoms with E-state index in [9.17, 15) is 9.59 Å². The van der Waals surface area contributed by atoms with E-state index in [1.807, 2.05) is 18.2 Å². The Bertz CT molecular complexity index is 1050. The molecule has 33 heavy (non-hydrogen) atoms. The largest absolute Gasteiger partial charge is 0.492 e. The van der Waals surface area contributed by atoms with Crippen LogP contribution in [0.5, 0.6) is 17.4 Å². The lowest BCUT2D eigenvalue weighted by atomic mass is 9.76. The van der Waals surface area contributed by atoms with Crippen LogP contribution in [0.25, 0.3) is 0 Å². The van der Waals surface area contributed by atoms with Crippen molar-refractivity contribution in [3.63, 3.8) is 0 Å². The van der Waals surface area contributed by atoms with Crippen molar-refractivity contribution in [2.45, 2.75) is 70.4 Å². The Kier molecular flexibility index (Phi) is 5.72. The van der Waals surface area contributed by atoms with Gasteiger partial charge < -0.3 is 24.8 Å². The summed E-state index contributed by atoms with van der Waals surface area (Å²) in [7, 11) is 0. The van der Waals surface area contributed by atoms with Crippen molar-refractivity contribution in [3.05, 3.63) is 42.1 Å². The second-order valence-electron chi connectivity index (χ2n) is 10.3. The van der Waals surface area contributed by atoms with Gasteiger partial charge in [0.25, 0.3) is 0 Å². The number of alkyl carbamates (subject to hydrolysis) is 1. The van der Waals surface area contributed by atoms with Crippen molar-refractivity contribution in [2.24, 2.45) is 0 Å². The average Bonchev–Trinajstić information content (AvgIpc) is 3.00. The van der Waals surface area contributed by atoms with Crippen LogP contribution in [0.4, 0.5) is 10.5 Å². The Labute approximate surface area is 194 Å². The predicted molar refractivity (Wildman–Crippen MR) is 124 cm³/mol. The van der Waals surface area contributed by atoms with E-state index in [0.717, 1.165) is 17.7 Å². The molecular formula is C25H31N3O5. The summed E-state index contributed by atoms with van der Waals surface area (Å²) in [6, 6.07) is 9.15. The molecule has 2 aromatic rings. The fourth-order valence-corrected chi connectivity index (χ4v) is 4.03. The van der Waals surface area contributed by atoms with Gasteiger partial charge in [0, 0.05) is 17.0 Å². The topological polar surface area (TPSA) is 98.8 Å². The molecular weight excluding hydrogens is 422 g/mol. The molecule has 0 saturated heterocycles. The first kappa shape index (κ1) is 22.9. The van der Waals surface area contributed by atoms with Gasteiger partial charge in [0.1, 0.15) is 22.6 Å². The summed E-state index contributed by atoms with van der Waals surface area (Å²) >= 11 is 0. The molecule has 1 aromatic heterocycles. The van der Waals surface area contributed by atoms with Gasteiger partial charge in [-0.1, -0.05) is 19.9 Å². The van der Waals surface area contributed by atoms with E-state index >= 15 is 0 Å². The van der Waals surface area contributed by atoms with Gasteiger partial charge in [-0.25, -0.2) is 9.78 Å². The number of nitrogens with one attached hydrogen (secondary N) is 2. The minimum atomic E-state index is -0.965. The molecule has 1 fully saturated rings. The van der Waals surface area contributed by atoms with Gasteiger partial charge >= 0.3 is 6.09 Å². The minimum Gasteiger partial charge on any atom is -0.492 e. The molecule has 4 rings (SSSR count). The molecule has 176 valence electrons. The van der Waals surface area contributed by atoms with E-state index < -0.39 is 17.2 Å². The van der Waals surface area contributed by atoms with Crippen LogP contribution in [0.3, 0.4) is 0 Å². The SMILES string of the molecule is CC(C)(C)OC(=O)NC1(C(=O)Nc2ccc(Oc3cccc4c3C(C)(C)CO4)nc2)CCC1. The van der Waals surface area contributed by atoms with Gasteiger partial charge in [0.15, 0.2) is 0 Å². The van der Waals surface area contributed by atoms with Crippen LogP contribution < -0.4 is 20.1 Å². The monoisotopic (exact) mass is 453 g/mol. The summed E-state index contributed by atoms with van der Waals surface area (Å²) in [4.78, 5) is 29.5. The number of nitrogens with zero attached hydrogens (tertiary/aromatic N) is 1. The third-order valence-corrected chi connectivity index (χ3v) is 5.84. The first-order chi connectivity index (χ1) is 15.5. The van der Waals surface area contributed by atoms with Crippen molar-refractivity contribution in [2.75, 3.05) is 11.9 Å². The fourth-order valence-electron chi connectivity index (χ4n) is 4.03. The van der Waals surface area contributed by atoms with Gasteiger partial charge in [-0.3, -0.25) is 4.79 Å². The molecule has 0 atom stereocenters. The highest BCUT2D eigenvalue weighted by atomic mass is 16.6. The molecule has 8 nitrogen and oxygen atoms in total. The Balaban J connectivity index is 1.42. The number of amides is 2. The Hall–Kier alpha value is -3.29. The summed E-state index contributed by atoms with van der Waals surface area (Å²) in [5.41, 5.74) is -0.215. The summed E-state index contributed by atoms with van der Waals surface area (Å²) in [5.74, 6) is 1.66. The lowest BCUT2D eigenvalue weighted by molar-refractivity contribution is -0.125. The molecule has 0 unspecified atom stereocenters. The van der Waals surface area contributed by atoms with Gasteiger partial charge in [0.05, 0.1) is 18.5 Å². The molecule has 0 radical (unpaired) electrons. The summed E-state index contributed by atoms with van der Waals surface area (Å²) in [5, 5.41) is 5.60. The maximum atomic E-state index is 12.9. The minimum absolute atomic E-state index is 0.155. The number of carbonyl (C=O) groups excluding carboxylic acids is 2. The molecule has 1 saturated carbocycles. The third-order valence-electron chi connectivity index (χ3n) is 5.84. The Morgan fingerprint density at radius 3 is 2.48 bits per heavy atom. The van der Waals surface area contributed by atoms with Gasteiger partial charge in [-0.05, 0) is 58.2 Å². The van der Waals surface area contributed by atoms with E-state index in [0.29, 0.717) is 36.8 Å². The molecule has 2 heterocycles. The van der Waals surface area contributed by atoms with Crippen molar-refractivity contribution < 1.29 is 23.8 Å². The van der Waals surface area contributed by atoms with Crippen LogP contribution >= 0.6 is 0 Å². The maximum absolute atomic E-state index is 12.9. The van der Waals surface area contributed by atoms with Crippen molar-refractivity contribution in [3.8, 4) is 17.4 Å². The fraction of sp³-hybridized carbons (Fsp3) is 0.480. The van der Waals surface area contributed by atoms with E-state index in [1.54, 1.807) is 32.9 Å². The van der Waals surface area contributed by atoms with Crippen LogP contribution in [0.2, 0.25) is 0 Å². The van der Waals surface area contributed by atoms with Crippen LogP contribution in [-0.2, 0) is 14.9 Å². The summed E-state index contributed by atoms with van der Waals surface area (Å²) in [6.07, 6.45) is 2.92. The molecule has 2 amide bonds. The highest BCUT2D eigenvalue weighted by Gasteiger charge is 2.46. The number of anilines is 1. The van der Waals surface area contributed by atoms with Crippen LogP contribution in [0.15, 0.2) is 36.5 Å². The number of aromatic nitrogens is 1. The van der Waals surface area contributed by atoms with E-state index in [4.69, 9.17) is 14.2 Å². The summed E-state index contributed by atoms with van der Waals surface area (Å²) < 4.78 is 17.1. The maximum Gasteiger partial charge on any atom is 0.408 e. The number of carbonyl (C=O) groups is 2. The second-order valence-corrected chi connectivity index (χ2v) is 10.3. The number of ether oxygens (including phenoxy) is 3. The quantitative estimate of drug-likeness (QED) is 0.666. The predicted octanol–water partition coefficient (Wildman–Crippen LogP) is 4.93. The molecule has 2 aliphatic rings. The third kappa shape index (κ3) is 4.89. The van der Waals surface area contributed by atoms with Crippen LogP contribution in [0.1, 0.15) is 59.4 Å². The lowest BCUT2D eigenvalue weighted by Crippen LogP contribution is -2.61. The smallest absolute Gasteiger partial charge is 0.408 e. The molecule has 8 heteroatoms. The highest BCUT2D eigenvalue weighted by Crippen LogP contribution is 2.45. The van der Waals surface area contributed by atoms with Crippen molar-refractivity contribution in [1.82, 2.24) is 10.3 Å². The van der Waals surface area contributed by atoms with Gasteiger partial charge in [-0.15, -0.1) is 0 Å². The Morgan fingerprint density at radius 2 is 1.88 bits per heavy atom. The van der Waals surface area contributed by atoms with Gasteiger partial charge in [0.2, 0.25) is 11.8 Å². The number of fused-ring (bicyclic) bond motifs is 1. The van der Waals surface area contributed by atoms with E-state index in [1.165, 1.54) is 6.20 Å². The van der Waals surface area contributed by atoms with Gasteiger partial charge in [-0.2, -0.15) is 0 Å². The zero-order valence-electron chi connectivity index (χ0n) is 19.8. The average molecular weight is 454 g/mol. The molecule has 1 aliphatic carbocycles. The van der Waals surface area contributed by atoms with E-state index in [-0.39, 0.29) is 11.3 Å². The molecule has 0 spiro atoms. The molecule has 1 aliphatic heterocycles. The zero-order valence-corrected chi connectivity index (χ0v) is 19.8. The highest BCUT2D eigenvalue weighted by molar-refractivity contribution is 6.00. The van der Waals surface area contributed by atoms with Crippen LogP contribution in [0, 0.1) is 0 Å². The first-order valence-electron chi connectivity index (χ1n) is 11.2. The standard InChI is InChI=1S/C25H31N3O5/c1-23(2,3)33-22(30)28-25(12-7-13-25)21(29)27-16-10-11-19(26-14-16)32-18-9-6-8-17-20(18)24(4,5)15-31-17/h6,8-11,14H,7,12-13,15H2,1-5H3,(H,27,29)(H,28,30). The lowest BCUT2D eigenvalue weighted by Gasteiger charge is -2.40. The second kappa shape index (κ2) is 8.24.